The summed E-state index contributed by atoms with van der Waals surface area (Å²) >= 11 is 5.96. The Balaban J connectivity index is 1.69. The van der Waals surface area contributed by atoms with Crippen molar-refractivity contribution in [2.75, 3.05) is 19.0 Å². The fraction of sp³-hybridized carbons (Fsp3) is 0.250. The summed E-state index contributed by atoms with van der Waals surface area (Å²) in [6.07, 6.45) is 2.41. The molecule has 9 nitrogen and oxygen atoms in total. The number of nitrogens with zero attached hydrogens (tertiary/aromatic N) is 4. The van der Waals surface area contributed by atoms with Gasteiger partial charge in [-0.3, -0.25) is 19.1 Å². The number of carbonyl (C=O) groups is 1. The molecule has 0 radical (unpaired) electrons. The summed E-state index contributed by atoms with van der Waals surface area (Å²) in [5.74, 6) is -5.17. The lowest BCUT2D eigenvalue weighted by Crippen LogP contribution is -2.35. The number of alkyl halides is 2. The standard InChI is InChI=1S/C20H18ClF3N6O3/c1-33-17-6-2-5-14(29-17)20(23,24)11-28-18-19(32)30(15(21)9-27-18)10-16(31)26-8-13-12(22)4-3-7-25-13/h2-7,9H,8,10-11H2,1H3,(H,26,31)(H,27,28). The van der Waals surface area contributed by atoms with Gasteiger partial charge in [-0.1, -0.05) is 17.7 Å². The molecule has 0 saturated heterocycles. The SMILES string of the molecule is COc1cccc(C(F)(F)CNc2ncc(Cl)n(CC(=O)NCc3ncccc3F)c2=O)n1. The fourth-order valence-electron chi connectivity index (χ4n) is 2.68. The van der Waals surface area contributed by atoms with E-state index in [4.69, 9.17) is 16.3 Å². The van der Waals surface area contributed by atoms with E-state index in [1.54, 1.807) is 0 Å². The lowest BCUT2D eigenvalue weighted by molar-refractivity contribution is -0.121. The molecule has 0 atom stereocenters. The number of halogens is 4. The molecular formula is C20H18ClF3N6O3. The second-order valence-corrected chi connectivity index (χ2v) is 7.04. The van der Waals surface area contributed by atoms with Crippen LogP contribution in [-0.4, -0.2) is 39.1 Å². The molecule has 3 aromatic rings. The molecule has 0 saturated carbocycles. The summed E-state index contributed by atoms with van der Waals surface area (Å²) in [7, 11) is 1.30. The summed E-state index contributed by atoms with van der Waals surface area (Å²) in [4.78, 5) is 36.1. The number of pyridine rings is 2. The van der Waals surface area contributed by atoms with Crippen LogP contribution < -0.4 is 20.9 Å². The first kappa shape index (κ1) is 24.0. The minimum Gasteiger partial charge on any atom is -0.481 e. The monoisotopic (exact) mass is 482 g/mol. The van der Waals surface area contributed by atoms with Gasteiger partial charge in [-0.2, -0.15) is 8.78 Å². The van der Waals surface area contributed by atoms with E-state index < -0.39 is 47.8 Å². The van der Waals surface area contributed by atoms with Gasteiger partial charge >= 0.3 is 5.92 Å². The third kappa shape index (κ3) is 5.98. The quantitative estimate of drug-likeness (QED) is 0.481. The molecule has 2 N–H and O–H groups in total. The van der Waals surface area contributed by atoms with Crippen LogP contribution in [0.25, 0.3) is 0 Å². The molecule has 0 bridgehead atoms. The van der Waals surface area contributed by atoms with E-state index >= 15 is 0 Å². The van der Waals surface area contributed by atoms with E-state index in [-0.39, 0.29) is 23.3 Å². The Bertz CT molecular complexity index is 1210. The van der Waals surface area contributed by atoms with E-state index in [2.05, 4.69) is 25.6 Å². The summed E-state index contributed by atoms with van der Waals surface area (Å²) in [5.41, 5.74) is -1.45. The van der Waals surface area contributed by atoms with Crippen LogP contribution in [0, 0.1) is 5.82 Å². The number of nitrogens with one attached hydrogen (secondary N) is 2. The molecule has 174 valence electrons. The Morgan fingerprint density at radius 1 is 1.24 bits per heavy atom. The van der Waals surface area contributed by atoms with Gasteiger partial charge in [0.1, 0.15) is 23.2 Å². The molecule has 0 aliphatic heterocycles. The van der Waals surface area contributed by atoms with Crippen LogP contribution in [0.15, 0.2) is 47.5 Å². The molecule has 1 amide bonds. The van der Waals surface area contributed by atoms with Crippen molar-refractivity contribution >= 4 is 23.3 Å². The maximum Gasteiger partial charge on any atom is 0.306 e. The third-order valence-corrected chi connectivity index (χ3v) is 4.68. The van der Waals surface area contributed by atoms with Crippen molar-refractivity contribution in [3.05, 3.63) is 75.4 Å². The van der Waals surface area contributed by atoms with Crippen molar-refractivity contribution in [1.29, 1.82) is 0 Å². The number of hydrogen-bond donors (Lipinski definition) is 2. The molecule has 3 rings (SSSR count). The molecule has 0 aliphatic carbocycles. The first-order valence-electron chi connectivity index (χ1n) is 9.46. The van der Waals surface area contributed by atoms with Gasteiger partial charge in [-0.15, -0.1) is 0 Å². The number of ether oxygens (including phenoxy) is 1. The van der Waals surface area contributed by atoms with Crippen molar-refractivity contribution in [2.24, 2.45) is 0 Å². The molecule has 0 aromatic carbocycles. The van der Waals surface area contributed by atoms with Gasteiger partial charge in [0.25, 0.3) is 5.56 Å². The third-order valence-electron chi connectivity index (χ3n) is 4.38. The highest BCUT2D eigenvalue weighted by Crippen LogP contribution is 2.27. The van der Waals surface area contributed by atoms with Gasteiger partial charge in [-0.25, -0.2) is 14.4 Å². The van der Waals surface area contributed by atoms with Crippen molar-refractivity contribution in [1.82, 2.24) is 24.8 Å². The van der Waals surface area contributed by atoms with Crippen LogP contribution >= 0.6 is 11.6 Å². The molecule has 33 heavy (non-hydrogen) atoms. The summed E-state index contributed by atoms with van der Waals surface area (Å²) in [6.45, 7) is -1.76. The number of aromatic nitrogens is 4. The Kier molecular flexibility index (Phi) is 7.48. The Labute approximate surface area is 190 Å². The molecule has 13 heteroatoms. The molecule has 0 unspecified atom stereocenters. The molecule has 0 aliphatic rings. The van der Waals surface area contributed by atoms with Crippen LogP contribution in [0.1, 0.15) is 11.4 Å². The van der Waals surface area contributed by atoms with E-state index in [0.717, 1.165) is 16.8 Å². The maximum atomic E-state index is 14.5. The highest BCUT2D eigenvalue weighted by molar-refractivity contribution is 6.29. The van der Waals surface area contributed by atoms with Crippen LogP contribution in [0.4, 0.5) is 19.0 Å². The Morgan fingerprint density at radius 2 is 2.03 bits per heavy atom. The predicted octanol–water partition coefficient (Wildman–Crippen LogP) is 2.35. The van der Waals surface area contributed by atoms with Gasteiger partial charge in [0.2, 0.25) is 11.8 Å². The van der Waals surface area contributed by atoms with Crippen LogP contribution in [0.2, 0.25) is 5.15 Å². The Morgan fingerprint density at radius 3 is 2.76 bits per heavy atom. The van der Waals surface area contributed by atoms with Crippen LogP contribution in [0.3, 0.4) is 0 Å². The van der Waals surface area contributed by atoms with Gasteiger partial charge < -0.3 is 15.4 Å². The lowest BCUT2D eigenvalue weighted by atomic mass is 10.2. The number of amides is 1. The molecule has 3 aromatic heterocycles. The minimum absolute atomic E-state index is 0.00904. The van der Waals surface area contributed by atoms with Gasteiger partial charge in [0.15, 0.2) is 5.82 Å². The average Bonchev–Trinajstić information content (AvgIpc) is 2.80. The molecule has 0 fully saturated rings. The topological polar surface area (TPSA) is 111 Å². The van der Waals surface area contributed by atoms with E-state index in [0.29, 0.717) is 0 Å². The van der Waals surface area contributed by atoms with Crippen molar-refractivity contribution < 1.29 is 22.7 Å². The van der Waals surface area contributed by atoms with Gasteiger partial charge in [0, 0.05) is 12.3 Å². The molecule has 3 heterocycles. The predicted molar refractivity (Wildman–Crippen MR) is 113 cm³/mol. The summed E-state index contributed by atoms with van der Waals surface area (Å²) in [6, 6.07) is 6.48. The summed E-state index contributed by atoms with van der Waals surface area (Å²) < 4.78 is 48.4. The molecular weight excluding hydrogens is 465 g/mol. The number of methoxy groups -OCH3 is 1. The lowest BCUT2D eigenvalue weighted by Gasteiger charge is -2.17. The zero-order valence-electron chi connectivity index (χ0n) is 17.2. The number of hydrogen-bond acceptors (Lipinski definition) is 7. The summed E-state index contributed by atoms with van der Waals surface area (Å²) in [5, 5.41) is 4.49. The second kappa shape index (κ2) is 10.3. The van der Waals surface area contributed by atoms with Crippen molar-refractivity contribution in [3.8, 4) is 5.88 Å². The van der Waals surface area contributed by atoms with Gasteiger partial charge in [0.05, 0.1) is 32.1 Å². The fourth-order valence-corrected chi connectivity index (χ4v) is 2.87. The number of carbonyl (C=O) groups excluding carboxylic acids is 1. The van der Waals surface area contributed by atoms with Crippen molar-refractivity contribution in [2.45, 2.75) is 19.0 Å². The normalized spacial score (nSPS) is 11.2. The first-order chi connectivity index (χ1) is 15.7. The zero-order valence-corrected chi connectivity index (χ0v) is 17.9. The smallest absolute Gasteiger partial charge is 0.306 e. The Hall–Kier alpha value is -3.67. The molecule has 0 spiro atoms. The van der Waals surface area contributed by atoms with Gasteiger partial charge in [-0.05, 0) is 18.2 Å². The van der Waals surface area contributed by atoms with Crippen LogP contribution in [0.5, 0.6) is 5.88 Å². The minimum atomic E-state index is -3.46. The van der Waals surface area contributed by atoms with E-state index in [1.807, 2.05) is 0 Å². The van der Waals surface area contributed by atoms with Crippen LogP contribution in [-0.2, 0) is 23.8 Å². The van der Waals surface area contributed by atoms with E-state index in [9.17, 15) is 22.8 Å². The highest BCUT2D eigenvalue weighted by Gasteiger charge is 2.34. The maximum absolute atomic E-state index is 14.5. The zero-order chi connectivity index (χ0) is 24.0. The second-order valence-electron chi connectivity index (χ2n) is 6.65. The number of rotatable bonds is 9. The highest BCUT2D eigenvalue weighted by atomic mass is 35.5. The van der Waals surface area contributed by atoms with Crippen molar-refractivity contribution in [3.63, 3.8) is 0 Å². The number of anilines is 1. The van der Waals surface area contributed by atoms with E-state index in [1.165, 1.54) is 37.6 Å². The first-order valence-corrected chi connectivity index (χ1v) is 9.83. The average molecular weight is 483 g/mol. The largest absolute Gasteiger partial charge is 0.481 e.